The smallest absolute Gasteiger partial charge is 0.212 e. The first-order chi connectivity index (χ1) is 7.80. The molecule has 0 aliphatic rings. The Morgan fingerprint density at radius 2 is 2.50 bits per heavy atom. The molecule has 0 aromatic carbocycles. The van der Waals surface area contributed by atoms with Crippen molar-refractivity contribution in [1.82, 2.24) is 10.3 Å². The number of pyridine rings is 1. The lowest BCUT2D eigenvalue weighted by molar-refractivity contribution is 0.397. The number of rotatable bonds is 3. The van der Waals surface area contributed by atoms with Gasteiger partial charge in [0.05, 0.1) is 13.7 Å². The van der Waals surface area contributed by atoms with Gasteiger partial charge < -0.3 is 4.74 Å². The van der Waals surface area contributed by atoms with Crippen molar-refractivity contribution in [3.05, 3.63) is 23.9 Å². The molecule has 16 heavy (non-hydrogen) atoms. The van der Waals surface area contributed by atoms with E-state index in [0.717, 1.165) is 5.56 Å². The van der Waals surface area contributed by atoms with E-state index in [0.29, 0.717) is 17.6 Å². The fourth-order valence-corrected chi connectivity index (χ4v) is 1.33. The van der Waals surface area contributed by atoms with Gasteiger partial charge in [0.2, 0.25) is 5.88 Å². The topological polar surface area (TPSA) is 70.3 Å². The van der Waals surface area contributed by atoms with Crippen LogP contribution in [0.3, 0.4) is 0 Å². The molecule has 0 radical (unpaired) electrons. The van der Waals surface area contributed by atoms with E-state index in [4.69, 9.17) is 10.00 Å². The fourth-order valence-electron chi connectivity index (χ4n) is 0.991. The Morgan fingerprint density at radius 1 is 1.69 bits per heavy atom. The highest BCUT2D eigenvalue weighted by Crippen LogP contribution is 2.08. The Morgan fingerprint density at radius 3 is 3.00 bits per heavy atom. The van der Waals surface area contributed by atoms with Crippen molar-refractivity contribution in [2.75, 3.05) is 13.4 Å². The van der Waals surface area contributed by atoms with Gasteiger partial charge in [-0.1, -0.05) is 17.8 Å². The number of nitrogens with one attached hydrogen (secondary N) is 1. The normalized spacial score (nSPS) is 10.7. The van der Waals surface area contributed by atoms with E-state index in [1.807, 2.05) is 18.5 Å². The predicted octanol–water partition coefficient (Wildman–Crippen LogP) is 1.38. The Bertz CT molecular complexity index is 396. The highest BCUT2D eigenvalue weighted by molar-refractivity contribution is 8.13. The van der Waals surface area contributed by atoms with Gasteiger partial charge >= 0.3 is 0 Å². The number of nitrogens with zero attached hydrogens (tertiary/aromatic N) is 3. The van der Waals surface area contributed by atoms with Gasteiger partial charge in [-0.05, 0) is 11.8 Å². The number of hydrogen-bond donors (Lipinski definition) is 1. The number of aliphatic imine (C=N–C) groups is 1. The molecule has 0 aliphatic carbocycles. The number of hydrogen-bond acceptors (Lipinski definition) is 5. The first-order valence-corrected chi connectivity index (χ1v) is 5.75. The van der Waals surface area contributed by atoms with Crippen LogP contribution in [0.15, 0.2) is 23.3 Å². The molecule has 1 heterocycles. The van der Waals surface area contributed by atoms with Crippen LogP contribution in [0, 0.1) is 11.5 Å². The summed E-state index contributed by atoms with van der Waals surface area (Å²) < 4.78 is 4.95. The highest BCUT2D eigenvalue weighted by atomic mass is 32.2. The molecule has 84 valence electrons. The molecule has 5 nitrogen and oxygen atoms in total. The number of thioether (sulfide) groups is 1. The van der Waals surface area contributed by atoms with Crippen molar-refractivity contribution in [2.45, 2.75) is 6.54 Å². The summed E-state index contributed by atoms with van der Waals surface area (Å²) in [7, 11) is 1.57. The maximum Gasteiger partial charge on any atom is 0.212 e. The van der Waals surface area contributed by atoms with Gasteiger partial charge in [-0.15, -0.1) is 0 Å². The van der Waals surface area contributed by atoms with Crippen molar-refractivity contribution in [1.29, 1.82) is 5.26 Å². The summed E-state index contributed by atoms with van der Waals surface area (Å²) in [6, 6.07) is 3.67. The summed E-state index contributed by atoms with van der Waals surface area (Å²) in [5.74, 6) is 0.577. The van der Waals surface area contributed by atoms with E-state index in [-0.39, 0.29) is 0 Å². The molecule has 0 fully saturated rings. The summed E-state index contributed by atoms with van der Waals surface area (Å²) in [4.78, 5) is 8.29. The van der Waals surface area contributed by atoms with Gasteiger partial charge in [0.1, 0.15) is 0 Å². The average Bonchev–Trinajstić information content (AvgIpc) is 2.35. The van der Waals surface area contributed by atoms with Crippen LogP contribution in [-0.2, 0) is 6.54 Å². The van der Waals surface area contributed by atoms with Gasteiger partial charge in [0, 0.05) is 12.3 Å². The zero-order chi connectivity index (χ0) is 11.8. The van der Waals surface area contributed by atoms with Crippen LogP contribution in [0.4, 0.5) is 0 Å². The van der Waals surface area contributed by atoms with Crippen molar-refractivity contribution < 1.29 is 4.74 Å². The minimum absolute atomic E-state index is 0.488. The Kier molecular flexibility index (Phi) is 5.16. The van der Waals surface area contributed by atoms with E-state index < -0.39 is 0 Å². The zero-order valence-electron chi connectivity index (χ0n) is 9.10. The van der Waals surface area contributed by atoms with Crippen molar-refractivity contribution >= 4 is 16.9 Å². The molecule has 1 rings (SSSR count). The molecule has 0 bridgehead atoms. The zero-order valence-corrected chi connectivity index (χ0v) is 9.91. The molecule has 0 saturated carbocycles. The largest absolute Gasteiger partial charge is 0.481 e. The molecule has 0 atom stereocenters. The fraction of sp³-hybridized carbons (Fsp3) is 0.300. The van der Waals surface area contributed by atoms with Crippen LogP contribution in [0.25, 0.3) is 0 Å². The Hall–Kier alpha value is -1.74. The summed E-state index contributed by atoms with van der Waals surface area (Å²) >= 11 is 1.39. The first-order valence-electron chi connectivity index (χ1n) is 4.52. The minimum atomic E-state index is 0.488. The Labute approximate surface area is 98.6 Å². The molecule has 0 aliphatic heterocycles. The third-order valence-corrected chi connectivity index (χ3v) is 2.39. The lowest BCUT2D eigenvalue weighted by atomic mass is 10.3. The van der Waals surface area contributed by atoms with E-state index in [1.165, 1.54) is 11.8 Å². The summed E-state index contributed by atoms with van der Waals surface area (Å²) in [5.41, 5.74) is 0.965. The van der Waals surface area contributed by atoms with Crippen LogP contribution < -0.4 is 10.1 Å². The number of aromatic nitrogens is 1. The first kappa shape index (κ1) is 12.3. The quantitative estimate of drug-likeness (QED) is 0.371. The summed E-state index contributed by atoms with van der Waals surface area (Å²) in [5, 5.41) is 11.5. The van der Waals surface area contributed by atoms with Gasteiger partial charge in [0.25, 0.3) is 0 Å². The van der Waals surface area contributed by atoms with Gasteiger partial charge in [-0.2, -0.15) is 5.26 Å². The molecule has 6 heteroatoms. The maximum absolute atomic E-state index is 8.45. The molecule has 1 aromatic rings. The number of nitriles is 1. The highest BCUT2D eigenvalue weighted by Gasteiger charge is 1.97. The standard InChI is InChI=1S/C10H12N4OS/c1-15-9-4-3-8(5-12-9)6-13-10(16-2)14-7-11/h3-5H,6H2,1-2H3,(H,13,14). The SMILES string of the molecule is COc1ccc(CN=C(NC#N)SC)cn1. The minimum Gasteiger partial charge on any atom is -0.481 e. The van der Waals surface area contributed by atoms with Crippen molar-refractivity contribution in [3.8, 4) is 12.1 Å². The van der Waals surface area contributed by atoms with Crippen LogP contribution in [0.2, 0.25) is 0 Å². The lowest BCUT2D eigenvalue weighted by Crippen LogP contribution is -2.13. The maximum atomic E-state index is 8.45. The van der Waals surface area contributed by atoms with Crippen LogP contribution in [0.1, 0.15) is 5.56 Å². The van der Waals surface area contributed by atoms with E-state index in [9.17, 15) is 0 Å². The predicted molar refractivity (Wildman–Crippen MR) is 64.2 cm³/mol. The molecular formula is C10H12N4OS. The molecular weight excluding hydrogens is 224 g/mol. The monoisotopic (exact) mass is 236 g/mol. The number of amidine groups is 1. The van der Waals surface area contributed by atoms with E-state index in [2.05, 4.69) is 15.3 Å². The van der Waals surface area contributed by atoms with Gasteiger partial charge in [-0.25, -0.2) is 4.98 Å². The molecule has 0 spiro atoms. The lowest BCUT2D eigenvalue weighted by Gasteiger charge is -2.01. The van der Waals surface area contributed by atoms with Crippen LogP contribution in [0.5, 0.6) is 5.88 Å². The van der Waals surface area contributed by atoms with Crippen LogP contribution in [-0.4, -0.2) is 23.5 Å². The molecule has 1 N–H and O–H groups in total. The van der Waals surface area contributed by atoms with Gasteiger partial charge in [0.15, 0.2) is 11.4 Å². The molecule has 0 amide bonds. The second-order valence-corrected chi connectivity index (χ2v) is 3.57. The third-order valence-electron chi connectivity index (χ3n) is 1.77. The second kappa shape index (κ2) is 6.69. The molecule has 0 unspecified atom stereocenters. The van der Waals surface area contributed by atoms with E-state index in [1.54, 1.807) is 19.4 Å². The van der Waals surface area contributed by atoms with Gasteiger partial charge in [-0.3, -0.25) is 10.3 Å². The number of methoxy groups -OCH3 is 1. The summed E-state index contributed by atoms with van der Waals surface area (Å²) in [6.45, 7) is 0.488. The number of ether oxygens (including phenoxy) is 1. The third kappa shape index (κ3) is 3.79. The van der Waals surface area contributed by atoms with Crippen molar-refractivity contribution in [2.24, 2.45) is 4.99 Å². The molecule has 0 saturated heterocycles. The summed E-state index contributed by atoms with van der Waals surface area (Å²) in [6.07, 6.45) is 5.39. The molecule has 1 aromatic heterocycles. The Balaban J connectivity index is 2.62. The van der Waals surface area contributed by atoms with E-state index >= 15 is 0 Å². The second-order valence-electron chi connectivity index (χ2n) is 2.77. The average molecular weight is 236 g/mol. The van der Waals surface area contributed by atoms with Crippen molar-refractivity contribution in [3.63, 3.8) is 0 Å². The van der Waals surface area contributed by atoms with Crippen LogP contribution >= 0.6 is 11.8 Å².